The van der Waals surface area contributed by atoms with E-state index in [1.165, 1.54) is 15.6 Å². The third kappa shape index (κ3) is 4.96. The standard InChI is InChI=1S/C18H23F3N6O2/c1-3-7-22-17(29)16-12(10-23-26(16)2)24-15(28)6-8-27-13(11-4-5-11)9-14(25-27)18(19,20)21/h9-11H,3-8H2,1-2H3,(H,22,29)(H,24,28). The third-order valence-electron chi connectivity index (χ3n) is 4.61. The molecule has 8 nitrogen and oxygen atoms in total. The molecule has 1 saturated carbocycles. The summed E-state index contributed by atoms with van der Waals surface area (Å²) in [6, 6.07) is 1.06. The van der Waals surface area contributed by atoms with Crippen molar-refractivity contribution in [2.75, 3.05) is 11.9 Å². The molecule has 0 radical (unpaired) electrons. The van der Waals surface area contributed by atoms with Crippen molar-refractivity contribution in [2.24, 2.45) is 7.05 Å². The van der Waals surface area contributed by atoms with Crippen LogP contribution in [-0.2, 0) is 24.6 Å². The molecule has 11 heteroatoms. The van der Waals surface area contributed by atoms with Crippen LogP contribution in [0.2, 0.25) is 0 Å². The molecule has 0 aliphatic heterocycles. The maximum atomic E-state index is 13.0. The molecule has 0 bridgehead atoms. The molecule has 1 aliphatic rings. The first-order valence-electron chi connectivity index (χ1n) is 9.45. The lowest BCUT2D eigenvalue weighted by Gasteiger charge is -2.09. The van der Waals surface area contributed by atoms with Gasteiger partial charge in [0.1, 0.15) is 5.69 Å². The zero-order chi connectivity index (χ0) is 21.2. The van der Waals surface area contributed by atoms with Crippen LogP contribution in [0.4, 0.5) is 18.9 Å². The number of hydrogen-bond donors (Lipinski definition) is 2. The topological polar surface area (TPSA) is 93.8 Å². The highest BCUT2D eigenvalue weighted by atomic mass is 19.4. The smallest absolute Gasteiger partial charge is 0.351 e. The normalized spacial score (nSPS) is 14.1. The SMILES string of the molecule is CCCNC(=O)c1c(NC(=O)CCn2nc(C(F)(F)F)cc2C2CC2)cnn1C. The lowest BCUT2D eigenvalue weighted by Crippen LogP contribution is -2.27. The number of carbonyl (C=O) groups excluding carboxylic acids is 2. The summed E-state index contributed by atoms with van der Waals surface area (Å²) in [4.78, 5) is 24.6. The summed E-state index contributed by atoms with van der Waals surface area (Å²) in [7, 11) is 1.58. The van der Waals surface area contributed by atoms with Crippen LogP contribution in [0, 0.1) is 0 Å². The van der Waals surface area contributed by atoms with Gasteiger partial charge >= 0.3 is 6.18 Å². The Balaban J connectivity index is 1.66. The van der Waals surface area contributed by atoms with E-state index in [-0.39, 0.29) is 36.2 Å². The number of hydrogen-bond acceptors (Lipinski definition) is 4. The molecule has 2 heterocycles. The van der Waals surface area contributed by atoms with Crippen LogP contribution in [0.25, 0.3) is 0 Å². The summed E-state index contributed by atoms with van der Waals surface area (Å²) >= 11 is 0. The average molecular weight is 412 g/mol. The Morgan fingerprint density at radius 2 is 2.03 bits per heavy atom. The number of amides is 2. The summed E-state index contributed by atoms with van der Waals surface area (Å²) < 4.78 is 41.5. The van der Waals surface area contributed by atoms with Crippen molar-refractivity contribution in [2.45, 2.75) is 51.2 Å². The number of rotatable bonds is 8. The maximum absolute atomic E-state index is 13.0. The Morgan fingerprint density at radius 3 is 2.66 bits per heavy atom. The first-order chi connectivity index (χ1) is 13.7. The molecule has 0 spiro atoms. The van der Waals surface area contributed by atoms with Gasteiger partial charge in [0.25, 0.3) is 5.91 Å². The van der Waals surface area contributed by atoms with Gasteiger partial charge in [-0.2, -0.15) is 23.4 Å². The van der Waals surface area contributed by atoms with E-state index in [1.807, 2.05) is 6.92 Å². The van der Waals surface area contributed by atoms with Crippen molar-refractivity contribution in [1.29, 1.82) is 0 Å². The van der Waals surface area contributed by atoms with Crippen molar-refractivity contribution in [1.82, 2.24) is 24.9 Å². The van der Waals surface area contributed by atoms with Gasteiger partial charge in [-0.25, -0.2) is 0 Å². The molecule has 2 aromatic rings. The Morgan fingerprint density at radius 1 is 1.31 bits per heavy atom. The second-order valence-corrected chi connectivity index (χ2v) is 7.03. The van der Waals surface area contributed by atoms with Gasteiger partial charge < -0.3 is 10.6 Å². The molecule has 0 aromatic carbocycles. The van der Waals surface area contributed by atoms with E-state index in [0.29, 0.717) is 12.2 Å². The van der Waals surface area contributed by atoms with Crippen LogP contribution in [0.15, 0.2) is 12.3 Å². The van der Waals surface area contributed by atoms with Crippen LogP contribution in [0.5, 0.6) is 0 Å². The fourth-order valence-electron chi connectivity index (χ4n) is 3.00. The van der Waals surface area contributed by atoms with Crippen LogP contribution in [0.1, 0.15) is 60.4 Å². The minimum absolute atomic E-state index is 0.0192. The molecule has 0 atom stereocenters. The third-order valence-corrected chi connectivity index (χ3v) is 4.61. The number of nitrogens with zero attached hydrogens (tertiary/aromatic N) is 4. The van der Waals surface area contributed by atoms with Crippen molar-refractivity contribution in [3.05, 3.63) is 29.3 Å². The van der Waals surface area contributed by atoms with Gasteiger partial charge in [-0.15, -0.1) is 0 Å². The summed E-state index contributed by atoms with van der Waals surface area (Å²) in [5.41, 5.74) is 0.0296. The van der Waals surface area contributed by atoms with E-state index in [1.54, 1.807) is 7.05 Å². The first-order valence-corrected chi connectivity index (χ1v) is 9.45. The molecule has 0 saturated heterocycles. The largest absolute Gasteiger partial charge is 0.435 e. The monoisotopic (exact) mass is 412 g/mol. The number of anilines is 1. The number of aryl methyl sites for hydroxylation is 2. The van der Waals surface area contributed by atoms with Gasteiger partial charge in [0.05, 0.1) is 11.9 Å². The molecule has 158 valence electrons. The van der Waals surface area contributed by atoms with E-state index >= 15 is 0 Å². The molecule has 2 N–H and O–H groups in total. The molecule has 3 rings (SSSR count). The highest BCUT2D eigenvalue weighted by Gasteiger charge is 2.37. The minimum atomic E-state index is -4.52. The van der Waals surface area contributed by atoms with Gasteiger partial charge in [0.15, 0.2) is 5.69 Å². The van der Waals surface area contributed by atoms with E-state index in [4.69, 9.17) is 0 Å². The van der Waals surface area contributed by atoms with Crippen molar-refractivity contribution < 1.29 is 22.8 Å². The maximum Gasteiger partial charge on any atom is 0.435 e. The molecular weight excluding hydrogens is 389 g/mol. The zero-order valence-electron chi connectivity index (χ0n) is 16.2. The predicted molar refractivity (Wildman–Crippen MR) is 98.3 cm³/mol. The summed E-state index contributed by atoms with van der Waals surface area (Å²) in [5.74, 6) is -0.734. The molecule has 2 aromatic heterocycles. The van der Waals surface area contributed by atoms with E-state index < -0.39 is 17.8 Å². The van der Waals surface area contributed by atoms with E-state index in [0.717, 1.165) is 25.3 Å². The van der Waals surface area contributed by atoms with E-state index in [2.05, 4.69) is 20.8 Å². The first kappa shape index (κ1) is 20.9. The second kappa shape index (κ2) is 8.26. The van der Waals surface area contributed by atoms with Crippen LogP contribution in [-0.4, -0.2) is 37.9 Å². The van der Waals surface area contributed by atoms with E-state index in [9.17, 15) is 22.8 Å². The molecular formula is C18H23F3N6O2. The Kier molecular flexibility index (Phi) is 5.94. The molecule has 1 fully saturated rings. The van der Waals surface area contributed by atoms with Crippen LogP contribution < -0.4 is 10.6 Å². The number of carbonyl (C=O) groups is 2. The highest BCUT2D eigenvalue weighted by Crippen LogP contribution is 2.42. The Labute approximate surface area is 165 Å². The van der Waals surface area contributed by atoms with Gasteiger partial charge in [0, 0.05) is 38.2 Å². The fraction of sp³-hybridized carbons (Fsp3) is 0.556. The lowest BCUT2D eigenvalue weighted by atomic mass is 10.2. The number of halogens is 3. The van der Waals surface area contributed by atoms with Gasteiger partial charge in [-0.05, 0) is 25.3 Å². The van der Waals surface area contributed by atoms with Crippen LogP contribution >= 0.6 is 0 Å². The predicted octanol–water partition coefficient (Wildman–Crippen LogP) is 2.68. The van der Waals surface area contributed by atoms with Gasteiger partial charge in [-0.1, -0.05) is 6.92 Å². The Bertz CT molecular complexity index is 898. The number of nitrogens with one attached hydrogen (secondary N) is 2. The summed E-state index contributed by atoms with van der Waals surface area (Å²) in [6.07, 6.45) is -0.831. The number of alkyl halides is 3. The molecule has 1 aliphatic carbocycles. The molecule has 0 unspecified atom stereocenters. The molecule has 29 heavy (non-hydrogen) atoms. The minimum Gasteiger partial charge on any atom is -0.351 e. The van der Waals surface area contributed by atoms with Crippen molar-refractivity contribution >= 4 is 17.5 Å². The second-order valence-electron chi connectivity index (χ2n) is 7.03. The summed E-state index contributed by atoms with van der Waals surface area (Å²) in [6.45, 7) is 2.43. The average Bonchev–Trinajstić information content (AvgIpc) is 3.29. The molecule has 2 amide bonds. The highest BCUT2D eigenvalue weighted by molar-refractivity contribution is 6.02. The van der Waals surface area contributed by atoms with Crippen molar-refractivity contribution in [3.63, 3.8) is 0 Å². The van der Waals surface area contributed by atoms with Gasteiger partial charge in [-0.3, -0.25) is 19.0 Å². The van der Waals surface area contributed by atoms with Gasteiger partial charge in [0.2, 0.25) is 5.91 Å². The summed E-state index contributed by atoms with van der Waals surface area (Å²) in [5, 5.41) is 13.0. The fourth-order valence-corrected chi connectivity index (χ4v) is 3.00. The van der Waals surface area contributed by atoms with Crippen molar-refractivity contribution in [3.8, 4) is 0 Å². The van der Waals surface area contributed by atoms with Crippen LogP contribution in [0.3, 0.4) is 0 Å². The Hall–Kier alpha value is -2.85. The lowest BCUT2D eigenvalue weighted by molar-refractivity contribution is -0.141. The zero-order valence-corrected chi connectivity index (χ0v) is 16.2. The quantitative estimate of drug-likeness (QED) is 0.697. The number of aromatic nitrogens is 4.